The van der Waals surface area contributed by atoms with E-state index in [1.165, 1.54) is 4.90 Å². The molecule has 0 aromatic heterocycles. The molecule has 0 unspecified atom stereocenters. The molecule has 7 heteroatoms. The Kier molecular flexibility index (Phi) is 5.49. The van der Waals surface area contributed by atoms with Crippen LogP contribution >= 0.6 is 0 Å². The van der Waals surface area contributed by atoms with Gasteiger partial charge in [0.15, 0.2) is 6.04 Å². The molecule has 0 aliphatic carbocycles. The van der Waals surface area contributed by atoms with Crippen LogP contribution in [0.5, 0.6) is 0 Å². The van der Waals surface area contributed by atoms with E-state index in [4.69, 9.17) is 4.74 Å². The maximum absolute atomic E-state index is 13.2. The van der Waals surface area contributed by atoms with E-state index in [1.54, 1.807) is 12.1 Å². The number of carboxylic acids is 1. The first-order valence-electron chi connectivity index (χ1n) is 9.97. The number of hydrogen-bond donors (Lipinski definition) is 2. The molecule has 2 saturated heterocycles. The number of carboxylic acid groups (broad SMARTS) is 1. The van der Waals surface area contributed by atoms with Crippen LogP contribution in [0.15, 0.2) is 42.5 Å². The van der Waals surface area contributed by atoms with Gasteiger partial charge in [-0.2, -0.15) is 0 Å². The fraction of sp³-hybridized carbons (Fsp3) is 0.409. The van der Waals surface area contributed by atoms with Gasteiger partial charge >= 0.3 is 5.97 Å². The lowest BCUT2D eigenvalue weighted by Crippen LogP contribution is -2.62. The van der Waals surface area contributed by atoms with Gasteiger partial charge in [-0.15, -0.1) is 0 Å². The molecule has 2 aromatic carbocycles. The Labute approximate surface area is 168 Å². The predicted octanol–water partition coefficient (Wildman–Crippen LogP) is 2.19. The van der Waals surface area contributed by atoms with Gasteiger partial charge in [0.2, 0.25) is 5.91 Å². The molecule has 2 fully saturated rings. The number of carbonyl (C=O) groups is 3. The van der Waals surface area contributed by atoms with E-state index in [-0.39, 0.29) is 24.5 Å². The fourth-order valence-electron chi connectivity index (χ4n) is 4.21. The summed E-state index contributed by atoms with van der Waals surface area (Å²) >= 11 is 0. The van der Waals surface area contributed by atoms with E-state index in [2.05, 4.69) is 5.32 Å². The van der Waals surface area contributed by atoms with E-state index < -0.39 is 18.1 Å². The number of aliphatic carboxylic acids is 1. The number of rotatable bonds is 3. The Bertz CT molecular complexity index is 944. The van der Waals surface area contributed by atoms with Crippen molar-refractivity contribution in [2.24, 2.45) is 0 Å². The normalized spacial score (nSPS) is 25.0. The molecule has 0 bridgehead atoms. The van der Waals surface area contributed by atoms with E-state index >= 15 is 0 Å². The summed E-state index contributed by atoms with van der Waals surface area (Å²) in [6.45, 7) is 0.309. The van der Waals surface area contributed by atoms with Crippen LogP contribution in [0.25, 0.3) is 10.8 Å². The minimum Gasteiger partial charge on any atom is -0.480 e. The molecule has 2 N–H and O–H groups in total. The zero-order chi connectivity index (χ0) is 20.4. The number of hydrogen-bond acceptors (Lipinski definition) is 4. The molecule has 0 spiro atoms. The number of nitrogens with zero attached hydrogens (tertiary/aromatic N) is 1. The third kappa shape index (κ3) is 3.96. The lowest BCUT2D eigenvalue weighted by Gasteiger charge is -2.43. The smallest absolute Gasteiger partial charge is 0.328 e. The molecule has 29 heavy (non-hydrogen) atoms. The minimum absolute atomic E-state index is 0.0249. The quantitative estimate of drug-likeness (QED) is 0.829. The van der Waals surface area contributed by atoms with Crippen molar-refractivity contribution in [1.82, 2.24) is 10.2 Å². The Morgan fingerprint density at radius 1 is 1.03 bits per heavy atom. The van der Waals surface area contributed by atoms with Gasteiger partial charge < -0.3 is 20.1 Å². The van der Waals surface area contributed by atoms with Crippen molar-refractivity contribution in [1.29, 1.82) is 0 Å². The van der Waals surface area contributed by atoms with E-state index in [1.807, 2.05) is 30.3 Å². The molecule has 2 amide bonds. The molecule has 2 heterocycles. The Morgan fingerprint density at radius 3 is 2.59 bits per heavy atom. The molecular formula is C22H24N2O5. The van der Waals surface area contributed by atoms with Crippen LogP contribution in [-0.2, 0) is 14.3 Å². The van der Waals surface area contributed by atoms with Gasteiger partial charge in [-0.05, 0) is 35.7 Å². The number of amides is 2. The highest BCUT2D eigenvalue weighted by molar-refractivity contribution is 6.01. The van der Waals surface area contributed by atoms with Crippen molar-refractivity contribution in [2.75, 3.05) is 13.2 Å². The summed E-state index contributed by atoms with van der Waals surface area (Å²) in [5.41, 5.74) is 0.479. The predicted molar refractivity (Wildman–Crippen MR) is 107 cm³/mol. The second kappa shape index (κ2) is 8.21. The molecule has 2 aliphatic heterocycles. The Hall–Kier alpha value is -2.93. The molecule has 3 atom stereocenters. The second-order valence-electron chi connectivity index (χ2n) is 7.66. The summed E-state index contributed by atoms with van der Waals surface area (Å²) in [5.74, 6) is -1.74. The van der Waals surface area contributed by atoms with Crippen LogP contribution in [0.1, 0.15) is 36.0 Å². The Balaban J connectivity index is 1.56. The fourth-order valence-corrected chi connectivity index (χ4v) is 4.21. The van der Waals surface area contributed by atoms with Crippen LogP contribution in [0.3, 0.4) is 0 Å². The van der Waals surface area contributed by atoms with E-state index in [0.29, 0.717) is 25.0 Å². The van der Waals surface area contributed by atoms with Gasteiger partial charge in [0.05, 0.1) is 19.3 Å². The first kappa shape index (κ1) is 19.4. The molecule has 4 rings (SSSR count). The first-order chi connectivity index (χ1) is 14.0. The minimum atomic E-state index is -1.08. The summed E-state index contributed by atoms with van der Waals surface area (Å²) in [6, 6.07) is 11.2. The average molecular weight is 396 g/mol. The molecule has 2 aliphatic rings. The highest BCUT2D eigenvalue weighted by atomic mass is 16.5. The van der Waals surface area contributed by atoms with Gasteiger partial charge in [-0.1, -0.05) is 43.2 Å². The first-order valence-corrected chi connectivity index (χ1v) is 9.97. The number of morpholine rings is 1. The molecular weight excluding hydrogens is 372 g/mol. The van der Waals surface area contributed by atoms with Crippen molar-refractivity contribution in [3.05, 3.63) is 48.0 Å². The van der Waals surface area contributed by atoms with E-state index in [0.717, 1.165) is 23.6 Å². The average Bonchev–Trinajstić information content (AvgIpc) is 2.73. The van der Waals surface area contributed by atoms with Gasteiger partial charge in [-0.3, -0.25) is 9.59 Å². The zero-order valence-corrected chi connectivity index (χ0v) is 16.0. The van der Waals surface area contributed by atoms with Crippen molar-refractivity contribution < 1.29 is 24.2 Å². The number of benzene rings is 2. The number of ether oxygens (including phenoxy) is 1. The van der Waals surface area contributed by atoms with Crippen LogP contribution < -0.4 is 5.32 Å². The van der Waals surface area contributed by atoms with Gasteiger partial charge in [-0.25, -0.2) is 4.79 Å². The van der Waals surface area contributed by atoms with Crippen molar-refractivity contribution in [3.63, 3.8) is 0 Å². The van der Waals surface area contributed by atoms with Crippen LogP contribution in [0.4, 0.5) is 0 Å². The second-order valence-corrected chi connectivity index (χ2v) is 7.66. The van der Waals surface area contributed by atoms with Crippen LogP contribution in [0, 0.1) is 0 Å². The number of nitrogens with one attached hydrogen (secondary N) is 1. The monoisotopic (exact) mass is 396 g/mol. The summed E-state index contributed by atoms with van der Waals surface area (Å²) in [5, 5.41) is 14.4. The highest BCUT2D eigenvalue weighted by Gasteiger charge is 2.42. The Morgan fingerprint density at radius 2 is 1.79 bits per heavy atom. The lowest BCUT2D eigenvalue weighted by atomic mass is 9.95. The maximum atomic E-state index is 13.2. The summed E-state index contributed by atoms with van der Waals surface area (Å²) < 4.78 is 5.42. The van der Waals surface area contributed by atoms with Gasteiger partial charge in [0.25, 0.3) is 5.91 Å². The van der Waals surface area contributed by atoms with Crippen molar-refractivity contribution in [2.45, 2.75) is 43.8 Å². The summed E-state index contributed by atoms with van der Waals surface area (Å²) in [7, 11) is 0. The number of fused-ring (bicyclic) bond motifs is 2. The SMILES string of the molecule is O=C(N[C@H]1CCCC[C@H]2COC[C@@H](C(=O)O)N2C1=O)c1ccc2ccccc2c1. The maximum Gasteiger partial charge on any atom is 0.328 e. The van der Waals surface area contributed by atoms with Crippen LogP contribution in [0.2, 0.25) is 0 Å². The lowest BCUT2D eigenvalue weighted by molar-refractivity contribution is -0.165. The van der Waals surface area contributed by atoms with Gasteiger partial charge in [0.1, 0.15) is 6.04 Å². The largest absolute Gasteiger partial charge is 0.480 e. The summed E-state index contributed by atoms with van der Waals surface area (Å²) in [4.78, 5) is 39.2. The zero-order valence-electron chi connectivity index (χ0n) is 16.0. The standard InChI is InChI=1S/C22H24N2O5/c25-20(16-10-9-14-5-1-2-6-15(14)11-16)23-18-8-4-3-7-17-12-29-13-19(22(27)28)24(17)21(18)26/h1-2,5-6,9-11,17-19H,3-4,7-8,12-13H2,(H,23,25)(H,27,28)/t17-,18-,19-/m0/s1. The molecule has 7 nitrogen and oxygen atoms in total. The van der Waals surface area contributed by atoms with Gasteiger partial charge in [0, 0.05) is 5.56 Å². The molecule has 0 saturated carbocycles. The van der Waals surface area contributed by atoms with E-state index in [9.17, 15) is 19.5 Å². The molecule has 152 valence electrons. The highest BCUT2D eigenvalue weighted by Crippen LogP contribution is 2.25. The van der Waals surface area contributed by atoms with Crippen LogP contribution in [-0.4, -0.2) is 59.1 Å². The third-order valence-corrected chi connectivity index (χ3v) is 5.75. The van der Waals surface area contributed by atoms with Crippen molar-refractivity contribution >= 4 is 28.6 Å². The molecule has 0 radical (unpaired) electrons. The topological polar surface area (TPSA) is 95.9 Å². The molecule has 2 aromatic rings. The number of carbonyl (C=O) groups excluding carboxylic acids is 2. The van der Waals surface area contributed by atoms with Crippen molar-refractivity contribution in [3.8, 4) is 0 Å². The third-order valence-electron chi connectivity index (χ3n) is 5.75. The summed E-state index contributed by atoms with van der Waals surface area (Å²) in [6.07, 6.45) is 2.85.